The lowest BCUT2D eigenvalue weighted by atomic mass is 9.75. The lowest BCUT2D eigenvalue weighted by molar-refractivity contribution is 0.239. The van der Waals surface area contributed by atoms with E-state index in [9.17, 15) is 4.39 Å². The molecule has 21 heavy (non-hydrogen) atoms. The highest BCUT2D eigenvalue weighted by Gasteiger charge is 2.44. The highest BCUT2D eigenvalue weighted by Crippen LogP contribution is 2.44. The molecule has 0 N–H and O–H groups in total. The van der Waals surface area contributed by atoms with Gasteiger partial charge in [-0.05, 0) is 44.5 Å². The van der Waals surface area contributed by atoms with E-state index < -0.39 is 0 Å². The third-order valence-electron chi connectivity index (χ3n) is 4.95. The van der Waals surface area contributed by atoms with Crippen LogP contribution in [-0.2, 0) is 5.41 Å². The Morgan fingerprint density at radius 2 is 1.95 bits per heavy atom. The second-order valence-electron chi connectivity index (χ2n) is 6.18. The molecule has 2 atom stereocenters. The van der Waals surface area contributed by atoms with Crippen molar-refractivity contribution in [3.63, 3.8) is 0 Å². The van der Waals surface area contributed by atoms with Crippen LogP contribution in [0, 0.1) is 5.82 Å². The Hall–Kier alpha value is -1.81. The topological polar surface area (TPSA) is 29.0 Å². The van der Waals surface area contributed by atoms with Gasteiger partial charge < -0.3 is 4.90 Å². The summed E-state index contributed by atoms with van der Waals surface area (Å²) in [5.41, 5.74) is 2.59. The van der Waals surface area contributed by atoms with Gasteiger partial charge in [-0.15, -0.1) is 0 Å². The number of piperidine rings is 1. The van der Waals surface area contributed by atoms with Gasteiger partial charge in [-0.2, -0.15) is 10.2 Å². The largest absolute Gasteiger partial charge is 0.302 e. The smallest absolute Gasteiger partial charge is 0.131 e. The number of hydrogen-bond donors (Lipinski definition) is 0. The highest BCUT2D eigenvalue weighted by molar-refractivity contribution is 5.67. The molecule has 0 spiro atoms. The fourth-order valence-electron chi connectivity index (χ4n) is 3.93. The van der Waals surface area contributed by atoms with E-state index >= 15 is 0 Å². The molecule has 2 fully saturated rings. The maximum atomic E-state index is 14.2. The van der Waals surface area contributed by atoms with Crippen LogP contribution in [-0.4, -0.2) is 34.7 Å². The Balaban J connectivity index is 1.86. The lowest BCUT2D eigenvalue weighted by Crippen LogP contribution is -2.38. The first-order valence-electron chi connectivity index (χ1n) is 7.58. The van der Waals surface area contributed by atoms with Crippen LogP contribution in [0.5, 0.6) is 0 Å². The molecule has 4 heteroatoms. The summed E-state index contributed by atoms with van der Waals surface area (Å²) in [5.74, 6) is -0.186. The number of benzene rings is 1. The number of nitrogens with zero attached hydrogens (tertiary/aromatic N) is 3. The zero-order valence-corrected chi connectivity index (χ0v) is 11.9. The molecule has 2 aliphatic rings. The first-order valence-corrected chi connectivity index (χ1v) is 7.58. The van der Waals surface area contributed by atoms with Gasteiger partial charge >= 0.3 is 0 Å². The average Bonchev–Trinajstić information content (AvgIpc) is 2.83. The van der Waals surface area contributed by atoms with E-state index in [0.717, 1.165) is 37.2 Å². The Bertz CT molecular complexity index is 669. The molecule has 4 rings (SSSR count). The van der Waals surface area contributed by atoms with Gasteiger partial charge in [0.2, 0.25) is 0 Å². The average molecular weight is 283 g/mol. The van der Waals surface area contributed by atoms with Crippen molar-refractivity contribution in [3.05, 3.63) is 48.0 Å². The Morgan fingerprint density at radius 3 is 2.86 bits per heavy atom. The maximum absolute atomic E-state index is 14.2. The molecule has 3 heterocycles. The van der Waals surface area contributed by atoms with Gasteiger partial charge in [0.1, 0.15) is 5.82 Å². The highest BCUT2D eigenvalue weighted by atomic mass is 19.1. The number of hydrogen-bond acceptors (Lipinski definition) is 3. The third kappa shape index (κ3) is 2.05. The molecule has 2 bridgehead atoms. The van der Waals surface area contributed by atoms with Gasteiger partial charge in [0.15, 0.2) is 0 Å². The Labute approximate surface area is 123 Å². The standard InChI is InChI=1S/C17H18FN3/c18-15-5-2-1-4-13(15)14-6-9-19-20-16(14)17-7-3-10-21(12-17)11-8-17/h1-2,4-6,9H,3,7-8,10-12H2. The quantitative estimate of drug-likeness (QED) is 0.848. The zero-order valence-electron chi connectivity index (χ0n) is 11.9. The second-order valence-corrected chi connectivity index (χ2v) is 6.18. The summed E-state index contributed by atoms with van der Waals surface area (Å²) < 4.78 is 14.2. The minimum atomic E-state index is -0.186. The normalized spacial score (nSPS) is 27.8. The SMILES string of the molecule is Fc1ccccc1-c1ccnnc1C12CCCN(CC1)C2. The van der Waals surface area contributed by atoms with E-state index in [2.05, 4.69) is 15.1 Å². The third-order valence-corrected chi connectivity index (χ3v) is 4.95. The molecular formula is C17H18FN3. The van der Waals surface area contributed by atoms with Gasteiger partial charge in [-0.25, -0.2) is 4.39 Å². The molecule has 108 valence electrons. The van der Waals surface area contributed by atoms with Crippen LogP contribution in [0.1, 0.15) is 25.0 Å². The van der Waals surface area contributed by atoms with Crippen molar-refractivity contribution in [2.75, 3.05) is 19.6 Å². The monoisotopic (exact) mass is 283 g/mol. The summed E-state index contributed by atoms with van der Waals surface area (Å²) in [6.07, 6.45) is 5.08. The van der Waals surface area contributed by atoms with Crippen LogP contribution in [0.15, 0.2) is 36.5 Å². The predicted molar refractivity (Wildman–Crippen MR) is 79.4 cm³/mol. The molecule has 2 unspecified atom stereocenters. The molecule has 0 radical (unpaired) electrons. The summed E-state index contributed by atoms with van der Waals surface area (Å²) in [5, 5.41) is 8.54. The zero-order chi connectivity index (χ0) is 14.3. The molecule has 0 amide bonds. The molecule has 3 nitrogen and oxygen atoms in total. The van der Waals surface area contributed by atoms with Crippen LogP contribution >= 0.6 is 0 Å². The fourth-order valence-corrected chi connectivity index (χ4v) is 3.93. The van der Waals surface area contributed by atoms with Crippen molar-refractivity contribution in [2.24, 2.45) is 0 Å². The number of aromatic nitrogens is 2. The molecule has 2 aromatic rings. The summed E-state index contributed by atoms with van der Waals surface area (Å²) in [6.45, 7) is 3.33. The van der Waals surface area contributed by atoms with Crippen LogP contribution < -0.4 is 0 Å². The van der Waals surface area contributed by atoms with Crippen LogP contribution in [0.3, 0.4) is 0 Å². The molecule has 0 saturated carbocycles. The van der Waals surface area contributed by atoms with Crippen LogP contribution in [0.25, 0.3) is 11.1 Å². The van der Waals surface area contributed by atoms with Gasteiger partial charge in [0, 0.05) is 23.1 Å². The first-order chi connectivity index (χ1) is 10.3. The Morgan fingerprint density at radius 1 is 1.05 bits per heavy atom. The summed E-state index contributed by atoms with van der Waals surface area (Å²) in [7, 11) is 0. The lowest BCUT2D eigenvalue weighted by Gasteiger charge is -2.34. The van der Waals surface area contributed by atoms with Gasteiger partial charge in [-0.3, -0.25) is 0 Å². The van der Waals surface area contributed by atoms with E-state index in [4.69, 9.17) is 0 Å². The molecule has 1 aromatic carbocycles. The van der Waals surface area contributed by atoms with Crippen molar-refractivity contribution in [1.29, 1.82) is 0 Å². The maximum Gasteiger partial charge on any atom is 0.131 e. The van der Waals surface area contributed by atoms with Gasteiger partial charge in [0.25, 0.3) is 0 Å². The van der Waals surface area contributed by atoms with Crippen molar-refractivity contribution < 1.29 is 4.39 Å². The molecule has 2 saturated heterocycles. The van der Waals surface area contributed by atoms with E-state index in [1.807, 2.05) is 18.2 Å². The predicted octanol–water partition coefficient (Wildman–Crippen LogP) is 3.02. The van der Waals surface area contributed by atoms with Crippen molar-refractivity contribution in [1.82, 2.24) is 15.1 Å². The van der Waals surface area contributed by atoms with Crippen molar-refractivity contribution >= 4 is 0 Å². The molecular weight excluding hydrogens is 265 g/mol. The minimum absolute atomic E-state index is 0.0596. The molecule has 1 aromatic heterocycles. The first kappa shape index (κ1) is 12.9. The fraction of sp³-hybridized carbons (Fsp3) is 0.412. The molecule has 2 aliphatic heterocycles. The van der Waals surface area contributed by atoms with E-state index in [0.29, 0.717) is 5.56 Å². The molecule has 0 aliphatic carbocycles. The number of halogens is 1. The van der Waals surface area contributed by atoms with Gasteiger partial charge in [0.05, 0.1) is 11.9 Å². The second kappa shape index (κ2) is 4.88. The van der Waals surface area contributed by atoms with E-state index in [1.54, 1.807) is 12.3 Å². The minimum Gasteiger partial charge on any atom is -0.302 e. The number of fused-ring (bicyclic) bond motifs is 2. The summed E-state index contributed by atoms with van der Waals surface area (Å²) >= 11 is 0. The van der Waals surface area contributed by atoms with Crippen molar-refractivity contribution in [3.8, 4) is 11.1 Å². The summed E-state index contributed by atoms with van der Waals surface area (Å²) in [4.78, 5) is 2.49. The van der Waals surface area contributed by atoms with E-state index in [-0.39, 0.29) is 11.2 Å². The summed E-state index contributed by atoms with van der Waals surface area (Å²) in [6, 6.07) is 8.86. The van der Waals surface area contributed by atoms with E-state index in [1.165, 1.54) is 19.0 Å². The number of rotatable bonds is 2. The van der Waals surface area contributed by atoms with Crippen molar-refractivity contribution in [2.45, 2.75) is 24.7 Å². The van der Waals surface area contributed by atoms with Gasteiger partial charge in [-0.1, -0.05) is 18.2 Å². The van der Waals surface area contributed by atoms with Crippen LogP contribution in [0.2, 0.25) is 0 Å². The Kier molecular flexibility index (Phi) is 3.00. The van der Waals surface area contributed by atoms with Crippen LogP contribution in [0.4, 0.5) is 4.39 Å².